The van der Waals surface area contributed by atoms with E-state index in [1.807, 2.05) is 32.0 Å². The molecule has 1 aromatic heterocycles. The number of benzene rings is 1. The highest BCUT2D eigenvalue weighted by atomic mass is 32.2. The summed E-state index contributed by atoms with van der Waals surface area (Å²) in [4.78, 5) is 16.3. The van der Waals surface area contributed by atoms with Gasteiger partial charge in [0.1, 0.15) is 5.82 Å². The Kier molecular flexibility index (Phi) is 6.44. The van der Waals surface area contributed by atoms with Crippen molar-refractivity contribution in [1.82, 2.24) is 15.0 Å². The summed E-state index contributed by atoms with van der Waals surface area (Å²) in [6.07, 6.45) is 0.539. The van der Waals surface area contributed by atoms with Gasteiger partial charge in [-0.25, -0.2) is 17.5 Å². The van der Waals surface area contributed by atoms with Gasteiger partial charge in [-0.05, 0) is 56.7 Å². The van der Waals surface area contributed by atoms with E-state index in [2.05, 4.69) is 15.0 Å². The highest BCUT2D eigenvalue weighted by molar-refractivity contribution is 7.89. The van der Waals surface area contributed by atoms with Crippen LogP contribution in [0.5, 0.6) is 0 Å². The molecule has 8 heteroatoms. The lowest BCUT2D eigenvalue weighted by atomic mass is 10.1. The van der Waals surface area contributed by atoms with Gasteiger partial charge >= 0.3 is 0 Å². The summed E-state index contributed by atoms with van der Waals surface area (Å²) < 4.78 is 39.9. The second kappa shape index (κ2) is 8.37. The lowest BCUT2D eigenvalue weighted by Crippen LogP contribution is -2.41. The fourth-order valence-corrected chi connectivity index (χ4v) is 3.76. The van der Waals surface area contributed by atoms with Crippen LogP contribution in [-0.2, 0) is 21.2 Å². The van der Waals surface area contributed by atoms with E-state index in [0.717, 1.165) is 23.5 Å². The van der Waals surface area contributed by atoms with Crippen molar-refractivity contribution in [2.75, 3.05) is 6.54 Å². The van der Waals surface area contributed by atoms with Gasteiger partial charge < -0.3 is 5.32 Å². The minimum absolute atomic E-state index is 0.0521. The lowest BCUT2D eigenvalue weighted by Gasteiger charge is -2.14. The van der Waals surface area contributed by atoms with Gasteiger partial charge in [-0.1, -0.05) is 6.07 Å². The van der Waals surface area contributed by atoms with Gasteiger partial charge in [0.15, 0.2) is 0 Å². The Morgan fingerprint density at radius 3 is 2.62 bits per heavy atom. The SMILES string of the molecule is Cc1cccc(C[C@@H](C)NC(=O)CNS(=O)(=O)c2ccc(F)cc2C)n1. The van der Waals surface area contributed by atoms with Crippen LogP contribution in [0.3, 0.4) is 0 Å². The zero-order valence-corrected chi connectivity index (χ0v) is 15.7. The number of aryl methyl sites for hydroxylation is 2. The molecule has 1 heterocycles. The molecule has 6 nitrogen and oxygen atoms in total. The van der Waals surface area contributed by atoms with Crippen molar-refractivity contribution in [1.29, 1.82) is 0 Å². The Bertz CT molecular complexity index is 900. The Morgan fingerprint density at radius 2 is 1.96 bits per heavy atom. The number of hydrogen-bond acceptors (Lipinski definition) is 4. The average Bonchev–Trinajstić information content (AvgIpc) is 2.52. The fourth-order valence-electron chi connectivity index (χ4n) is 2.56. The summed E-state index contributed by atoms with van der Waals surface area (Å²) in [6, 6.07) is 8.83. The van der Waals surface area contributed by atoms with Crippen LogP contribution in [0.1, 0.15) is 23.9 Å². The molecule has 2 aromatic rings. The maximum Gasteiger partial charge on any atom is 0.241 e. The predicted molar refractivity (Wildman–Crippen MR) is 96.6 cm³/mol. The summed E-state index contributed by atoms with van der Waals surface area (Å²) in [7, 11) is -3.89. The van der Waals surface area contributed by atoms with Crippen molar-refractivity contribution in [2.24, 2.45) is 0 Å². The van der Waals surface area contributed by atoms with Crippen LogP contribution >= 0.6 is 0 Å². The summed E-state index contributed by atoms with van der Waals surface area (Å²) in [5.74, 6) is -0.966. The van der Waals surface area contributed by atoms with Crippen LogP contribution in [0.15, 0.2) is 41.3 Å². The molecule has 0 bridgehead atoms. The van der Waals surface area contributed by atoms with Crippen LogP contribution in [0.4, 0.5) is 4.39 Å². The standard InChI is InChI=1S/C18H22FN3O3S/c1-12-9-15(19)7-8-17(12)26(24,25)20-11-18(23)22-14(3)10-16-6-4-5-13(2)21-16/h4-9,14,20H,10-11H2,1-3H3,(H,22,23)/t14-/m1/s1. The van der Waals surface area contributed by atoms with Crippen LogP contribution in [0, 0.1) is 19.7 Å². The molecule has 0 unspecified atom stereocenters. The quantitative estimate of drug-likeness (QED) is 0.769. The van der Waals surface area contributed by atoms with E-state index in [9.17, 15) is 17.6 Å². The number of pyridine rings is 1. The number of sulfonamides is 1. The summed E-state index contributed by atoms with van der Waals surface area (Å²) >= 11 is 0. The third kappa shape index (κ3) is 5.60. The molecule has 140 valence electrons. The molecule has 26 heavy (non-hydrogen) atoms. The molecule has 0 saturated carbocycles. The van der Waals surface area contributed by atoms with E-state index in [1.54, 1.807) is 0 Å². The highest BCUT2D eigenvalue weighted by Gasteiger charge is 2.19. The molecule has 2 N–H and O–H groups in total. The lowest BCUT2D eigenvalue weighted by molar-refractivity contribution is -0.120. The molecular weight excluding hydrogens is 357 g/mol. The molecule has 0 aliphatic heterocycles. The van der Waals surface area contributed by atoms with Gasteiger partial charge in [0.25, 0.3) is 0 Å². The molecule has 0 saturated heterocycles. The summed E-state index contributed by atoms with van der Waals surface area (Å²) in [6.45, 7) is 4.80. The van der Waals surface area contributed by atoms with Crippen molar-refractivity contribution >= 4 is 15.9 Å². The molecule has 1 amide bonds. The van der Waals surface area contributed by atoms with Crippen molar-refractivity contribution in [2.45, 2.75) is 38.1 Å². The first-order valence-electron chi connectivity index (χ1n) is 8.15. The number of aromatic nitrogens is 1. The highest BCUT2D eigenvalue weighted by Crippen LogP contribution is 2.15. The largest absolute Gasteiger partial charge is 0.352 e. The summed E-state index contributed by atoms with van der Waals surface area (Å²) in [5, 5.41) is 2.73. The van der Waals surface area contributed by atoms with Gasteiger partial charge in [0.05, 0.1) is 11.4 Å². The third-order valence-electron chi connectivity index (χ3n) is 3.72. The molecule has 0 aliphatic rings. The molecule has 0 spiro atoms. The Hall–Kier alpha value is -2.32. The Labute approximate surface area is 152 Å². The second-order valence-electron chi connectivity index (χ2n) is 6.18. The Morgan fingerprint density at radius 1 is 1.23 bits per heavy atom. The maximum atomic E-state index is 13.1. The minimum atomic E-state index is -3.89. The normalized spacial score (nSPS) is 12.6. The van der Waals surface area contributed by atoms with Gasteiger partial charge in [-0.15, -0.1) is 0 Å². The molecular formula is C18H22FN3O3S. The number of amides is 1. The van der Waals surface area contributed by atoms with E-state index in [4.69, 9.17) is 0 Å². The van der Waals surface area contributed by atoms with E-state index in [-0.39, 0.29) is 16.5 Å². The number of carbonyl (C=O) groups excluding carboxylic acids is 1. The van der Waals surface area contributed by atoms with Gasteiger partial charge in [-0.2, -0.15) is 0 Å². The number of carbonyl (C=O) groups is 1. The molecule has 1 atom stereocenters. The van der Waals surface area contributed by atoms with E-state index >= 15 is 0 Å². The number of nitrogens with one attached hydrogen (secondary N) is 2. The van der Waals surface area contributed by atoms with Crippen LogP contribution in [0.2, 0.25) is 0 Å². The number of hydrogen-bond donors (Lipinski definition) is 2. The number of halogens is 1. The maximum absolute atomic E-state index is 13.1. The van der Waals surface area contributed by atoms with Crippen LogP contribution < -0.4 is 10.0 Å². The van der Waals surface area contributed by atoms with E-state index < -0.39 is 28.3 Å². The number of nitrogens with zero attached hydrogens (tertiary/aromatic N) is 1. The smallest absolute Gasteiger partial charge is 0.241 e. The topological polar surface area (TPSA) is 88.2 Å². The molecule has 0 fully saturated rings. The van der Waals surface area contributed by atoms with Gasteiger partial charge in [-0.3, -0.25) is 9.78 Å². The molecule has 0 aliphatic carbocycles. The van der Waals surface area contributed by atoms with Crippen LogP contribution in [-0.4, -0.2) is 31.9 Å². The van der Waals surface area contributed by atoms with Gasteiger partial charge in [0.2, 0.25) is 15.9 Å². The Balaban J connectivity index is 1.91. The molecule has 0 radical (unpaired) electrons. The predicted octanol–water partition coefficient (Wildman–Crippen LogP) is 1.86. The first-order chi connectivity index (χ1) is 12.2. The monoisotopic (exact) mass is 379 g/mol. The summed E-state index contributed by atoms with van der Waals surface area (Å²) in [5.41, 5.74) is 2.01. The molecule has 2 rings (SSSR count). The van der Waals surface area contributed by atoms with E-state index in [1.165, 1.54) is 13.0 Å². The van der Waals surface area contributed by atoms with Crippen molar-refractivity contribution in [3.63, 3.8) is 0 Å². The van der Waals surface area contributed by atoms with Crippen LogP contribution in [0.25, 0.3) is 0 Å². The fraction of sp³-hybridized carbons (Fsp3) is 0.333. The zero-order valence-electron chi connectivity index (χ0n) is 14.9. The minimum Gasteiger partial charge on any atom is -0.352 e. The first-order valence-corrected chi connectivity index (χ1v) is 9.63. The third-order valence-corrected chi connectivity index (χ3v) is 5.28. The van der Waals surface area contributed by atoms with E-state index in [0.29, 0.717) is 6.42 Å². The zero-order chi connectivity index (χ0) is 19.3. The number of rotatable bonds is 7. The average molecular weight is 379 g/mol. The second-order valence-corrected chi connectivity index (χ2v) is 7.91. The van der Waals surface area contributed by atoms with Crippen molar-refractivity contribution in [3.05, 3.63) is 59.2 Å². The molecule has 1 aromatic carbocycles. The van der Waals surface area contributed by atoms with Crippen molar-refractivity contribution < 1.29 is 17.6 Å². The van der Waals surface area contributed by atoms with Gasteiger partial charge in [0, 0.05) is 23.9 Å². The first kappa shape index (κ1) is 20.0. The van der Waals surface area contributed by atoms with Crippen molar-refractivity contribution in [3.8, 4) is 0 Å².